The SMILES string of the molecule is CCOc1cc(/C=C2\SC(=O)N(Cc3ccc(C)cc3)C2=O)cc(Br)c1OCc1cccc(C)c1. The number of carbonyl (C=O) groups is 2. The Morgan fingerprint density at radius 1 is 0.943 bits per heavy atom. The van der Waals surface area contributed by atoms with Crippen molar-refractivity contribution >= 4 is 44.9 Å². The molecule has 0 aromatic heterocycles. The number of amides is 2. The van der Waals surface area contributed by atoms with E-state index in [4.69, 9.17) is 9.47 Å². The van der Waals surface area contributed by atoms with Crippen molar-refractivity contribution in [2.24, 2.45) is 0 Å². The third kappa shape index (κ3) is 6.16. The summed E-state index contributed by atoms with van der Waals surface area (Å²) in [5.41, 5.74) is 5.01. The Labute approximate surface area is 218 Å². The quantitative estimate of drug-likeness (QED) is 0.275. The third-order valence-corrected chi connectivity index (χ3v) is 6.93. The van der Waals surface area contributed by atoms with Crippen LogP contribution in [0, 0.1) is 13.8 Å². The summed E-state index contributed by atoms with van der Waals surface area (Å²) >= 11 is 4.54. The van der Waals surface area contributed by atoms with Gasteiger partial charge >= 0.3 is 0 Å². The fourth-order valence-electron chi connectivity index (χ4n) is 3.70. The average molecular weight is 552 g/mol. The van der Waals surface area contributed by atoms with Crippen LogP contribution in [0.5, 0.6) is 11.5 Å². The zero-order valence-corrected chi connectivity index (χ0v) is 22.2. The summed E-state index contributed by atoms with van der Waals surface area (Å²) in [4.78, 5) is 27.2. The predicted octanol–water partition coefficient (Wildman–Crippen LogP) is 7.28. The summed E-state index contributed by atoms with van der Waals surface area (Å²) in [5, 5.41) is -0.274. The van der Waals surface area contributed by atoms with Crippen LogP contribution in [0.25, 0.3) is 6.08 Å². The molecule has 0 bridgehead atoms. The summed E-state index contributed by atoms with van der Waals surface area (Å²) in [6, 6.07) is 19.6. The second-order valence-electron chi connectivity index (χ2n) is 8.29. The topological polar surface area (TPSA) is 55.8 Å². The van der Waals surface area contributed by atoms with Crippen molar-refractivity contribution in [2.45, 2.75) is 33.9 Å². The summed E-state index contributed by atoms with van der Waals surface area (Å²) in [7, 11) is 0. The van der Waals surface area contributed by atoms with Crippen molar-refractivity contribution in [3.8, 4) is 11.5 Å². The molecular formula is C28H26BrNO4S. The molecule has 3 aromatic rings. The van der Waals surface area contributed by atoms with Gasteiger partial charge in [0.05, 0.1) is 22.5 Å². The lowest BCUT2D eigenvalue weighted by Crippen LogP contribution is -2.27. The van der Waals surface area contributed by atoms with Gasteiger partial charge in [-0.2, -0.15) is 0 Å². The van der Waals surface area contributed by atoms with E-state index in [0.717, 1.165) is 34.0 Å². The van der Waals surface area contributed by atoms with Gasteiger partial charge in [0.1, 0.15) is 6.61 Å². The number of thioether (sulfide) groups is 1. The molecule has 0 unspecified atom stereocenters. The molecule has 1 saturated heterocycles. The molecule has 4 rings (SSSR count). The molecule has 3 aromatic carbocycles. The van der Waals surface area contributed by atoms with Gasteiger partial charge in [0.25, 0.3) is 11.1 Å². The molecule has 35 heavy (non-hydrogen) atoms. The summed E-state index contributed by atoms with van der Waals surface area (Å²) in [5.74, 6) is 0.868. The Balaban J connectivity index is 1.55. The minimum absolute atomic E-state index is 0.252. The fraction of sp³-hybridized carbons (Fsp3) is 0.214. The van der Waals surface area contributed by atoms with Crippen LogP contribution in [0.15, 0.2) is 70.0 Å². The molecule has 1 fully saturated rings. The van der Waals surface area contributed by atoms with Crippen molar-refractivity contribution in [1.82, 2.24) is 4.90 Å². The number of halogens is 1. The lowest BCUT2D eigenvalue weighted by atomic mass is 10.1. The van der Waals surface area contributed by atoms with Gasteiger partial charge in [-0.1, -0.05) is 59.7 Å². The first kappa shape index (κ1) is 25.1. The van der Waals surface area contributed by atoms with Crippen molar-refractivity contribution in [3.05, 3.63) is 97.9 Å². The van der Waals surface area contributed by atoms with Crippen LogP contribution in [-0.2, 0) is 17.9 Å². The van der Waals surface area contributed by atoms with E-state index < -0.39 is 0 Å². The van der Waals surface area contributed by atoms with E-state index in [2.05, 4.69) is 22.0 Å². The van der Waals surface area contributed by atoms with E-state index in [1.54, 1.807) is 6.08 Å². The number of imide groups is 1. The van der Waals surface area contributed by atoms with Crippen molar-refractivity contribution < 1.29 is 19.1 Å². The van der Waals surface area contributed by atoms with Gasteiger partial charge in [0, 0.05) is 0 Å². The molecule has 1 aliphatic heterocycles. The number of nitrogens with zero attached hydrogens (tertiary/aromatic N) is 1. The van der Waals surface area contributed by atoms with Crippen LogP contribution in [-0.4, -0.2) is 22.7 Å². The van der Waals surface area contributed by atoms with Crippen molar-refractivity contribution in [1.29, 1.82) is 0 Å². The molecule has 180 valence electrons. The highest BCUT2D eigenvalue weighted by Gasteiger charge is 2.35. The minimum Gasteiger partial charge on any atom is -0.490 e. The van der Waals surface area contributed by atoms with E-state index in [0.29, 0.717) is 34.1 Å². The van der Waals surface area contributed by atoms with Crippen LogP contribution in [0.4, 0.5) is 4.79 Å². The van der Waals surface area contributed by atoms with Gasteiger partial charge in [0.15, 0.2) is 11.5 Å². The van der Waals surface area contributed by atoms with Crippen LogP contribution >= 0.6 is 27.7 Å². The summed E-state index contributed by atoms with van der Waals surface area (Å²) in [6.07, 6.45) is 1.72. The highest BCUT2D eigenvalue weighted by molar-refractivity contribution is 9.10. The normalized spacial score (nSPS) is 14.6. The van der Waals surface area contributed by atoms with Crippen LogP contribution in [0.3, 0.4) is 0 Å². The molecule has 0 N–H and O–H groups in total. The number of aryl methyl sites for hydroxylation is 2. The lowest BCUT2D eigenvalue weighted by molar-refractivity contribution is -0.123. The van der Waals surface area contributed by atoms with Crippen LogP contribution in [0.2, 0.25) is 0 Å². The Bertz CT molecular complexity index is 1290. The van der Waals surface area contributed by atoms with E-state index in [1.807, 2.05) is 75.4 Å². The molecule has 7 heteroatoms. The molecule has 1 heterocycles. The van der Waals surface area contributed by atoms with Crippen LogP contribution < -0.4 is 9.47 Å². The van der Waals surface area contributed by atoms with E-state index >= 15 is 0 Å². The monoisotopic (exact) mass is 551 g/mol. The molecular weight excluding hydrogens is 526 g/mol. The first-order valence-electron chi connectivity index (χ1n) is 11.3. The van der Waals surface area contributed by atoms with Gasteiger partial charge in [-0.3, -0.25) is 14.5 Å². The molecule has 0 spiro atoms. The van der Waals surface area contributed by atoms with E-state index in [9.17, 15) is 9.59 Å². The zero-order valence-electron chi connectivity index (χ0n) is 19.8. The van der Waals surface area contributed by atoms with Gasteiger partial charge in [-0.15, -0.1) is 0 Å². The molecule has 0 aliphatic carbocycles. The summed E-state index contributed by atoms with van der Waals surface area (Å²) in [6.45, 7) is 7.06. The Morgan fingerprint density at radius 2 is 1.71 bits per heavy atom. The maximum atomic E-state index is 13.0. The minimum atomic E-state index is -0.297. The van der Waals surface area contributed by atoms with Crippen molar-refractivity contribution in [3.63, 3.8) is 0 Å². The van der Waals surface area contributed by atoms with Crippen molar-refractivity contribution in [2.75, 3.05) is 6.61 Å². The molecule has 2 amide bonds. The Morgan fingerprint density at radius 3 is 2.43 bits per heavy atom. The second-order valence-corrected chi connectivity index (χ2v) is 10.1. The number of hydrogen-bond acceptors (Lipinski definition) is 5. The highest BCUT2D eigenvalue weighted by atomic mass is 79.9. The smallest absolute Gasteiger partial charge is 0.293 e. The van der Waals surface area contributed by atoms with E-state index in [1.165, 1.54) is 10.5 Å². The number of benzene rings is 3. The average Bonchev–Trinajstić information content (AvgIpc) is 3.07. The van der Waals surface area contributed by atoms with Gasteiger partial charge in [-0.25, -0.2) is 0 Å². The Kier molecular flexibility index (Phi) is 7.98. The standard InChI is InChI=1S/C28H26BrNO4S/c1-4-33-24-14-22(13-23(29)26(24)34-17-21-7-5-6-19(3)12-21)15-25-27(31)30(28(32)35-25)16-20-10-8-18(2)9-11-20/h5-15H,4,16-17H2,1-3H3/b25-15-. The third-order valence-electron chi connectivity index (χ3n) is 5.43. The number of hydrogen-bond donors (Lipinski definition) is 0. The molecule has 0 radical (unpaired) electrons. The maximum Gasteiger partial charge on any atom is 0.293 e. The first-order chi connectivity index (χ1) is 16.8. The number of rotatable bonds is 8. The summed E-state index contributed by atoms with van der Waals surface area (Å²) < 4.78 is 12.6. The van der Waals surface area contributed by atoms with Crippen LogP contribution in [0.1, 0.15) is 34.7 Å². The maximum absolute atomic E-state index is 13.0. The van der Waals surface area contributed by atoms with Gasteiger partial charge in [0.2, 0.25) is 0 Å². The number of carbonyl (C=O) groups excluding carboxylic acids is 2. The van der Waals surface area contributed by atoms with Gasteiger partial charge < -0.3 is 9.47 Å². The predicted molar refractivity (Wildman–Crippen MR) is 144 cm³/mol. The molecule has 1 aliphatic rings. The largest absolute Gasteiger partial charge is 0.490 e. The highest BCUT2D eigenvalue weighted by Crippen LogP contribution is 2.40. The van der Waals surface area contributed by atoms with E-state index in [-0.39, 0.29) is 17.7 Å². The molecule has 0 atom stereocenters. The first-order valence-corrected chi connectivity index (χ1v) is 12.9. The fourth-order valence-corrected chi connectivity index (χ4v) is 5.11. The molecule has 5 nitrogen and oxygen atoms in total. The van der Waals surface area contributed by atoms with Gasteiger partial charge in [-0.05, 0) is 83.4 Å². The Hall–Kier alpha value is -3.03. The zero-order chi connectivity index (χ0) is 24.9. The second kappa shape index (κ2) is 11.1. The lowest BCUT2D eigenvalue weighted by Gasteiger charge is -2.15. The number of ether oxygens (including phenoxy) is 2. The molecule has 0 saturated carbocycles.